The zero-order valence-corrected chi connectivity index (χ0v) is 10.9. The Hall–Kier alpha value is -1.40. The summed E-state index contributed by atoms with van der Waals surface area (Å²) in [6.45, 7) is 0.755. The van der Waals surface area contributed by atoms with Crippen LogP contribution in [0.1, 0.15) is 12.5 Å². The lowest BCUT2D eigenvalue weighted by Crippen LogP contribution is -2.59. The SMILES string of the molecule is COc1cc(CN2CC(C)(O)C2)ccc1OC(F)F. The standard InChI is InChI=1S/C13H17F2NO3/c1-13(17)7-16(8-13)6-9-3-4-10(19-12(14)15)11(5-9)18-2/h3-5,12,17H,6-8H2,1-2H3. The average Bonchev–Trinajstić information content (AvgIpc) is 2.28. The van der Waals surface area contributed by atoms with Crippen molar-refractivity contribution in [1.82, 2.24) is 4.90 Å². The second kappa shape index (κ2) is 5.30. The van der Waals surface area contributed by atoms with Gasteiger partial charge in [-0.05, 0) is 24.6 Å². The summed E-state index contributed by atoms with van der Waals surface area (Å²) < 4.78 is 33.8. The lowest BCUT2D eigenvalue weighted by atomic mass is 9.96. The fraction of sp³-hybridized carbons (Fsp3) is 0.538. The quantitative estimate of drug-likeness (QED) is 0.889. The molecule has 106 valence electrons. The van der Waals surface area contributed by atoms with E-state index in [1.807, 2.05) is 0 Å². The van der Waals surface area contributed by atoms with Gasteiger partial charge in [0.25, 0.3) is 0 Å². The van der Waals surface area contributed by atoms with Gasteiger partial charge in [-0.2, -0.15) is 8.78 Å². The van der Waals surface area contributed by atoms with E-state index in [-0.39, 0.29) is 11.5 Å². The molecule has 0 radical (unpaired) electrons. The van der Waals surface area contributed by atoms with Crippen LogP contribution in [0.5, 0.6) is 11.5 Å². The second-order valence-corrected chi connectivity index (χ2v) is 5.01. The van der Waals surface area contributed by atoms with Crippen LogP contribution in [0.4, 0.5) is 8.78 Å². The second-order valence-electron chi connectivity index (χ2n) is 5.01. The minimum Gasteiger partial charge on any atom is -0.493 e. The molecule has 0 atom stereocenters. The number of halogens is 2. The fourth-order valence-corrected chi connectivity index (χ4v) is 2.29. The van der Waals surface area contributed by atoms with E-state index in [1.165, 1.54) is 13.2 Å². The van der Waals surface area contributed by atoms with Gasteiger partial charge in [0.15, 0.2) is 11.5 Å². The molecule has 0 amide bonds. The molecule has 0 spiro atoms. The van der Waals surface area contributed by atoms with Crippen molar-refractivity contribution in [2.24, 2.45) is 0 Å². The summed E-state index contributed by atoms with van der Waals surface area (Å²) >= 11 is 0. The van der Waals surface area contributed by atoms with Crippen molar-refractivity contribution in [1.29, 1.82) is 0 Å². The van der Waals surface area contributed by atoms with E-state index in [4.69, 9.17) is 4.74 Å². The summed E-state index contributed by atoms with van der Waals surface area (Å²) in [5, 5.41) is 9.64. The number of aliphatic hydroxyl groups is 1. The number of alkyl halides is 2. The normalized spacial score (nSPS) is 18.2. The van der Waals surface area contributed by atoms with Gasteiger partial charge in [-0.1, -0.05) is 6.07 Å². The predicted octanol–water partition coefficient (Wildman–Crippen LogP) is 1.86. The molecule has 1 aliphatic rings. The maximum atomic E-state index is 12.2. The molecule has 0 bridgehead atoms. The van der Waals surface area contributed by atoms with Crippen LogP contribution in [0.15, 0.2) is 18.2 Å². The molecule has 1 N–H and O–H groups in total. The number of hydrogen-bond donors (Lipinski definition) is 1. The highest BCUT2D eigenvalue weighted by Gasteiger charge is 2.36. The molecule has 1 saturated heterocycles. The zero-order valence-electron chi connectivity index (χ0n) is 10.9. The highest BCUT2D eigenvalue weighted by Crippen LogP contribution is 2.31. The molecule has 0 unspecified atom stereocenters. The first-order chi connectivity index (χ1) is 8.89. The van der Waals surface area contributed by atoms with Gasteiger partial charge in [-0.25, -0.2) is 0 Å². The maximum absolute atomic E-state index is 12.2. The third-order valence-corrected chi connectivity index (χ3v) is 2.98. The van der Waals surface area contributed by atoms with E-state index in [2.05, 4.69) is 9.64 Å². The largest absolute Gasteiger partial charge is 0.493 e. The molecule has 1 aromatic rings. The van der Waals surface area contributed by atoms with Crippen molar-refractivity contribution < 1.29 is 23.4 Å². The average molecular weight is 273 g/mol. The summed E-state index contributed by atoms with van der Waals surface area (Å²) in [4.78, 5) is 2.06. The van der Waals surface area contributed by atoms with E-state index in [1.54, 1.807) is 19.1 Å². The molecule has 0 saturated carbocycles. The molecular weight excluding hydrogens is 256 g/mol. The zero-order chi connectivity index (χ0) is 14.0. The number of nitrogens with zero attached hydrogens (tertiary/aromatic N) is 1. The number of rotatable bonds is 5. The minimum absolute atomic E-state index is 0.0249. The lowest BCUT2D eigenvalue weighted by molar-refractivity contribution is -0.0872. The highest BCUT2D eigenvalue weighted by atomic mass is 19.3. The molecule has 1 aliphatic heterocycles. The van der Waals surface area contributed by atoms with Crippen molar-refractivity contribution in [3.63, 3.8) is 0 Å². The first-order valence-corrected chi connectivity index (χ1v) is 5.96. The van der Waals surface area contributed by atoms with Crippen LogP contribution in [0.3, 0.4) is 0 Å². The first-order valence-electron chi connectivity index (χ1n) is 5.96. The smallest absolute Gasteiger partial charge is 0.387 e. The highest BCUT2D eigenvalue weighted by molar-refractivity contribution is 5.43. The van der Waals surface area contributed by atoms with Gasteiger partial charge in [0.1, 0.15) is 0 Å². The van der Waals surface area contributed by atoms with Crippen LogP contribution < -0.4 is 9.47 Å². The van der Waals surface area contributed by atoms with Crippen LogP contribution in [0, 0.1) is 0 Å². The van der Waals surface area contributed by atoms with Crippen LogP contribution in [0.25, 0.3) is 0 Å². The third kappa shape index (κ3) is 3.54. The number of ether oxygens (including phenoxy) is 2. The predicted molar refractivity (Wildman–Crippen MR) is 65.5 cm³/mol. The van der Waals surface area contributed by atoms with Crippen molar-refractivity contribution in [2.75, 3.05) is 20.2 Å². The van der Waals surface area contributed by atoms with Gasteiger partial charge < -0.3 is 14.6 Å². The maximum Gasteiger partial charge on any atom is 0.387 e. The monoisotopic (exact) mass is 273 g/mol. The van der Waals surface area contributed by atoms with E-state index in [9.17, 15) is 13.9 Å². The molecule has 1 heterocycles. The molecule has 0 aromatic heterocycles. The Morgan fingerprint density at radius 3 is 2.58 bits per heavy atom. The summed E-state index contributed by atoms with van der Waals surface area (Å²) in [7, 11) is 1.41. The molecule has 19 heavy (non-hydrogen) atoms. The van der Waals surface area contributed by atoms with E-state index < -0.39 is 12.2 Å². The Morgan fingerprint density at radius 1 is 1.37 bits per heavy atom. The summed E-state index contributed by atoms with van der Waals surface area (Å²) in [6.07, 6.45) is 0. The van der Waals surface area contributed by atoms with Crippen LogP contribution in [0.2, 0.25) is 0 Å². The molecule has 4 nitrogen and oxygen atoms in total. The van der Waals surface area contributed by atoms with E-state index in [0.29, 0.717) is 19.6 Å². The summed E-state index contributed by atoms with van der Waals surface area (Å²) in [5.41, 5.74) is 0.303. The molecule has 6 heteroatoms. The summed E-state index contributed by atoms with van der Waals surface area (Å²) in [6, 6.07) is 4.86. The van der Waals surface area contributed by atoms with Crippen LogP contribution in [-0.2, 0) is 6.54 Å². The Bertz CT molecular complexity index is 444. The Morgan fingerprint density at radius 2 is 2.05 bits per heavy atom. The van der Waals surface area contributed by atoms with Crippen LogP contribution >= 0.6 is 0 Å². The van der Waals surface area contributed by atoms with Crippen molar-refractivity contribution in [3.8, 4) is 11.5 Å². The van der Waals surface area contributed by atoms with Gasteiger partial charge in [-0.15, -0.1) is 0 Å². The molecule has 1 fully saturated rings. The van der Waals surface area contributed by atoms with Crippen LogP contribution in [-0.4, -0.2) is 42.4 Å². The third-order valence-electron chi connectivity index (χ3n) is 2.98. The van der Waals surface area contributed by atoms with E-state index in [0.717, 1.165) is 5.56 Å². The van der Waals surface area contributed by atoms with E-state index >= 15 is 0 Å². The van der Waals surface area contributed by atoms with Gasteiger partial charge in [0.2, 0.25) is 0 Å². The molecule has 0 aliphatic carbocycles. The molecular formula is C13H17F2NO3. The topological polar surface area (TPSA) is 41.9 Å². The van der Waals surface area contributed by atoms with Gasteiger partial charge >= 0.3 is 6.61 Å². The Balaban J connectivity index is 2.03. The van der Waals surface area contributed by atoms with Gasteiger partial charge in [0, 0.05) is 19.6 Å². The molecule has 2 rings (SSSR count). The van der Waals surface area contributed by atoms with Crippen molar-refractivity contribution in [2.45, 2.75) is 25.7 Å². The Kier molecular flexibility index (Phi) is 3.91. The number of likely N-dealkylation sites (tertiary alicyclic amines) is 1. The van der Waals surface area contributed by atoms with Crippen molar-refractivity contribution in [3.05, 3.63) is 23.8 Å². The summed E-state index contributed by atoms with van der Waals surface area (Å²) in [5.74, 6) is 0.307. The van der Waals surface area contributed by atoms with Gasteiger partial charge in [0.05, 0.1) is 12.7 Å². The minimum atomic E-state index is -2.87. The lowest BCUT2D eigenvalue weighted by Gasteiger charge is -2.44. The van der Waals surface area contributed by atoms with Crippen molar-refractivity contribution >= 4 is 0 Å². The number of hydrogen-bond acceptors (Lipinski definition) is 4. The fourth-order valence-electron chi connectivity index (χ4n) is 2.29. The Labute approximate surface area is 110 Å². The number of methoxy groups -OCH3 is 1. The number of benzene rings is 1. The van der Waals surface area contributed by atoms with Gasteiger partial charge in [-0.3, -0.25) is 4.90 Å². The molecule has 1 aromatic carbocycles. The number of β-amino-alcohol motifs (C(OH)–C–C–N with tert-alkyl or cyclic N) is 1. The first kappa shape index (κ1) is 14.0.